The Morgan fingerprint density at radius 2 is 1.91 bits per heavy atom. The number of aromatic nitrogens is 1. The maximum absolute atomic E-state index is 12.3. The van der Waals surface area contributed by atoms with Crippen LogP contribution in [-0.4, -0.2) is 25.1 Å². The molecule has 122 valence electrons. The summed E-state index contributed by atoms with van der Waals surface area (Å²) in [6.07, 6.45) is 2.34. The van der Waals surface area contributed by atoms with Gasteiger partial charge >= 0.3 is 0 Å². The highest BCUT2D eigenvalue weighted by molar-refractivity contribution is 5.91. The molecule has 5 nitrogen and oxygen atoms in total. The molecule has 0 aliphatic heterocycles. The Hall–Kier alpha value is -2.56. The van der Waals surface area contributed by atoms with Gasteiger partial charge in [0.1, 0.15) is 5.82 Å². The quantitative estimate of drug-likeness (QED) is 0.889. The topological polar surface area (TPSA) is 60.5 Å². The van der Waals surface area contributed by atoms with Gasteiger partial charge in [-0.3, -0.25) is 4.79 Å². The average Bonchev–Trinajstić information content (AvgIpc) is 2.56. The number of rotatable bonds is 6. The lowest BCUT2D eigenvalue weighted by Gasteiger charge is -2.14. The van der Waals surface area contributed by atoms with Gasteiger partial charge in [0.2, 0.25) is 5.91 Å². The van der Waals surface area contributed by atoms with Crippen molar-refractivity contribution in [1.82, 2.24) is 4.98 Å². The molecule has 0 fully saturated rings. The summed E-state index contributed by atoms with van der Waals surface area (Å²) in [4.78, 5) is 16.5. The highest BCUT2D eigenvalue weighted by Crippen LogP contribution is 2.28. The van der Waals surface area contributed by atoms with Crippen molar-refractivity contribution in [3.63, 3.8) is 0 Å². The molecule has 1 amide bonds. The molecule has 1 aromatic heterocycles. The predicted molar refractivity (Wildman–Crippen MR) is 90.0 cm³/mol. The zero-order valence-corrected chi connectivity index (χ0v) is 13.9. The van der Waals surface area contributed by atoms with E-state index < -0.39 is 0 Å². The molecular formula is C18H22N2O3. The standard InChI is InChI=1S/C18H22N2O3/c1-12-5-8-17(19-11-12)20-18(21)13(2)9-14-6-7-15(22-3)16(10-14)23-4/h5-8,10-11,13H,9H2,1-4H3,(H,19,20,21). The predicted octanol–water partition coefficient (Wildman–Crippen LogP) is 3.22. The van der Waals surface area contributed by atoms with Gasteiger partial charge in [0.05, 0.1) is 14.2 Å². The molecule has 0 spiro atoms. The number of carbonyl (C=O) groups excluding carboxylic acids is 1. The lowest BCUT2D eigenvalue weighted by molar-refractivity contribution is -0.119. The second kappa shape index (κ2) is 7.63. The summed E-state index contributed by atoms with van der Waals surface area (Å²) in [7, 11) is 3.20. The van der Waals surface area contributed by atoms with Crippen molar-refractivity contribution in [2.75, 3.05) is 19.5 Å². The second-order valence-corrected chi connectivity index (χ2v) is 5.50. The van der Waals surface area contributed by atoms with Crippen LogP contribution in [-0.2, 0) is 11.2 Å². The van der Waals surface area contributed by atoms with Crippen LogP contribution in [0.1, 0.15) is 18.1 Å². The number of hydrogen-bond acceptors (Lipinski definition) is 4. The third-order valence-corrected chi connectivity index (χ3v) is 3.60. The molecular weight excluding hydrogens is 292 g/mol. The zero-order valence-electron chi connectivity index (χ0n) is 13.9. The molecule has 2 rings (SSSR count). The SMILES string of the molecule is COc1ccc(CC(C)C(=O)Nc2ccc(C)cn2)cc1OC. The Morgan fingerprint density at radius 1 is 1.17 bits per heavy atom. The van der Waals surface area contributed by atoms with Crippen LogP contribution in [0.3, 0.4) is 0 Å². The van der Waals surface area contributed by atoms with Crippen LogP contribution in [0.15, 0.2) is 36.5 Å². The van der Waals surface area contributed by atoms with Gasteiger partial charge in [-0.05, 0) is 42.7 Å². The van der Waals surface area contributed by atoms with Crippen LogP contribution >= 0.6 is 0 Å². The fourth-order valence-corrected chi connectivity index (χ4v) is 2.25. The van der Waals surface area contributed by atoms with Gasteiger partial charge in [-0.1, -0.05) is 19.1 Å². The number of aryl methyl sites for hydroxylation is 1. The molecule has 0 bridgehead atoms. The Labute approximate surface area is 136 Å². The van der Waals surface area contributed by atoms with Gasteiger partial charge in [0.15, 0.2) is 11.5 Å². The number of benzene rings is 1. The number of methoxy groups -OCH3 is 2. The Morgan fingerprint density at radius 3 is 2.52 bits per heavy atom. The Balaban J connectivity index is 2.01. The van der Waals surface area contributed by atoms with Crippen LogP contribution < -0.4 is 14.8 Å². The number of ether oxygens (including phenoxy) is 2. The van der Waals surface area contributed by atoms with Gasteiger partial charge in [0.25, 0.3) is 0 Å². The van der Waals surface area contributed by atoms with Crippen molar-refractivity contribution < 1.29 is 14.3 Å². The number of carbonyl (C=O) groups is 1. The van der Waals surface area contributed by atoms with Crippen molar-refractivity contribution in [1.29, 1.82) is 0 Å². The second-order valence-electron chi connectivity index (χ2n) is 5.50. The molecule has 1 atom stereocenters. The van der Waals surface area contributed by atoms with E-state index in [2.05, 4.69) is 10.3 Å². The molecule has 0 aliphatic rings. The molecule has 0 saturated carbocycles. The van der Waals surface area contributed by atoms with Crippen LogP contribution in [0.25, 0.3) is 0 Å². The molecule has 0 aliphatic carbocycles. The van der Waals surface area contributed by atoms with Crippen molar-refractivity contribution in [2.24, 2.45) is 5.92 Å². The summed E-state index contributed by atoms with van der Waals surface area (Å²) in [5.41, 5.74) is 2.07. The van der Waals surface area contributed by atoms with Crippen molar-refractivity contribution in [3.05, 3.63) is 47.7 Å². The van der Waals surface area contributed by atoms with Crippen molar-refractivity contribution in [3.8, 4) is 11.5 Å². The molecule has 1 aromatic carbocycles. The van der Waals surface area contributed by atoms with E-state index in [9.17, 15) is 4.79 Å². The van der Waals surface area contributed by atoms with Gasteiger partial charge < -0.3 is 14.8 Å². The number of anilines is 1. The normalized spacial score (nSPS) is 11.7. The number of nitrogens with one attached hydrogen (secondary N) is 1. The molecule has 0 radical (unpaired) electrons. The number of pyridine rings is 1. The molecule has 1 heterocycles. The van der Waals surface area contributed by atoms with E-state index in [0.717, 1.165) is 11.1 Å². The summed E-state index contributed by atoms with van der Waals surface area (Å²) < 4.78 is 10.5. The third kappa shape index (κ3) is 4.45. The largest absolute Gasteiger partial charge is 0.493 e. The first-order valence-electron chi connectivity index (χ1n) is 7.48. The van der Waals surface area contributed by atoms with E-state index in [-0.39, 0.29) is 11.8 Å². The maximum atomic E-state index is 12.3. The summed E-state index contributed by atoms with van der Waals surface area (Å²) >= 11 is 0. The summed E-state index contributed by atoms with van der Waals surface area (Å²) in [5.74, 6) is 1.67. The lowest BCUT2D eigenvalue weighted by Crippen LogP contribution is -2.22. The van der Waals surface area contributed by atoms with Crippen LogP contribution in [0, 0.1) is 12.8 Å². The minimum Gasteiger partial charge on any atom is -0.493 e. The summed E-state index contributed by atoms with van der Waals surface area (Å²) in [6.45, 7) is 3.85. The molecule has 0 saturated heterocycles. The number of hydrogen-bond donors (Lipinski definition) is 1. The Kier molecular flexibility index (Phi) is 5.57. The van der Waals surface area contributed by atoms with E-state index in [1.54, 1.807) is 26.5 Å². The fourth-order valence-electron chi connectivity index (χ4n) is 2.25. The fraction of sp³-hybridized carbons (Fsp3) is 0.333. The third-order valence-electron chi connectivity index (χ3n) is 3.60. The molecule has 1 N–H and O–H groups in total. The molecule has 1 unspecified atom stereocenters. The van der Waals surface area contributed by atoms with Crippen LogP contribution in [0.5, 0.6) is 11.5 Å². The van der Waals surface area contributed by atoms with Crippen LogP contribution in [0.2, 0.25) is 0 Å². The van der Waals surface area contributed by atoms with E-state index in [0.29, 0.717) is 23.7 Å². The molecule has 2 aromatic rings. The van der Waals surface area contributed by atoms with Crippen molar-refractivity contribution in [2.45, 2.75) is 20.3 Å². The zero-order chi connectivity index (χ0) is 16.8. The first kappa shape index (κ1) is 16.8. The van der Waals surface area contributed by atoms with Gasteiger partial charge in [-0.2, -0.15) is 0 Å². The Bertz CT molecular complexity index is 668. The van der Waals surface area contributed by atoms with E-state index in [1.165, 1.54) is 0 Å². The van der Waals surface area contributed by atoms with Gasteiger partial charge in [-0.25, -0.2) is 4.98 Å². The van der Waals surface area contributed by atoms with Crippen LogP contribution in [0.4, 0.5) is 5.82 Å². The highest BCUT2D eigenvalue weighted by atomic mass is 16.5. The minimum atomic E-state index is -0.184. The minimum absolute atomic E-state index is 0.0591. The number of nitrogens with zero attached hydrogens (tertiary/aromatic N) is 1. The molecule has 5 heteroatoms. The van der Waals surface area contributed by atoms with Gasteiger partial charge in [0, 0.05) is 12.1 Å². The lowest BCUT2D eigenvalue weighted by atomic mass is 10.00. The number of amides is 1. The van der Waals surface area contributed by atoms with E-state index in [1.807, 2.05) is 38.1 Å². The highest BCUT2D eigenvalue weighted by Gasteiger charge is 2.15. The van der Waals surface area contributed by atoms with Crippen molar-refractivity contribution >= 4 is 11.7 Å². The smallest absolute Gasteiger partial charge is 0.228 e. The summed E-state index contributed by atoms with van der Waals surface area (Å²) in [6, 6.07) is 9.40. The van der Waals surface area contributed by atoms with Gasteiger partial charge in [-0.15, -0.1) is 0 Å². The van der Waals surface area contributed by atoms with E-state index in [4.69, 9.17) is 9.47 Å². The summed E-state index contributed by atoms with van der Waals surface area (Å²) in [5, 5.41) is 2.83. The molecule has 23 heavy (non-hydrogen) atoms. The maximum Gasteiger partial charge on any atom is 0.228 e. The first-order valence-corrected chi connectivity index (χ1v) is 7.48. The first-order chi connectivity index (χ1) is 11.0. The monoisotopic (exact) mass is 314 g/mol. The van der Waals surface area contributed by atoms with E-state index >= 15 is 0 Å². The average molecular weight is 314 g/mol.